The molecule has 1 aliphatic rings. The number of hydrogen-bond acceptors (Lipinski definition) is 5. The lowest BCUT2D eigenvalue weighted by molar-refractivity contribution is 0.0518. The smallest absolute Gasteiger partial charge is 0.336 e. The van der Waals surface area contributed by atoms with Crippen molar-refractivity contribution in [2.75, 3.05) is 13.2 Å². The Morgan fingerprint density at radius 1 is 1.52 bits per heavy atom. The van der Waals surface area contributed by atoms with Crippen LogP contribution in [0.1, 0.15) is 28.6 Å². The van der Waals surface area contributed by atoms with Gasteiger partial charge in [0.1, 0.15) is 17.4 Å². The van der Waals surface area contributed by atoms with Gasteiger partial charge in [-0.1, -0.05) is 13.0 Å². The van der Waals surface area contributed by atoms with Crippen LogP contribution in [0.3, 0.4) is 0 Å². The highest BCUT2D eigenvalue weighted by molar-refractivity contribution is 7.15. The molecule has 2 unspecified atom stereocenters. The minimum atomic E-state index is -0.983. The standard InChI is InChI=1S/C17H19NO4S/c1-10-6-7-21-14(10)9-22-13-5-3-4-12(17(19)20)15(13)16-18-8-11(2)23-16/h3-5,8,10,14H,6-7,9H2,1-2H3,(H,19,20). The van der Waals surface area contributed by atoms with Gasteiger partial charge in [-0.15, -0.1) is 11.3 Å². The van der Waals surface area contributed by atoms with Crippen molar-refractivity contribution in [1.82, 2.24) is 4.98 Å². The van der Waals surface area contributed by atoms with Crippen LogP contribution in [0.2, 0.25) is 0 Å². The number of thiazole rings is 1. The highest BCUT2D eigenvalue weighted by atomic mass is 32.1. The van der Waals surface area contributed by atoms with Crippen molar-refractivity contribution in [2.45, 2.75) is 26.4 Å². The Morgan fingerprint density at radius 2 is 2.35 bits per heavy atom. The van der Waals surface area contributed by atoms with E-state index in [0.717, 1.165) is 17.9 Å². The zero-order valence-electron chi connectivity index (χ0n) is 13.1. The first-order chi connectivity index (χ1) is 11.1. The lowest BCUT2D eigenvalue weighted by Crippen LogP contribution is -2.22. The van der Waals surface area contributed by atoms with Gasteiger partial charge in [-0.2, -0.15) is 0 Å². The molecule has 0 saturated carbocycles. The lowest BCUT2D eigenvalue weighted by Gasteiger charge is -2.17. The van der Waals surface area contributed by atoms with Crippen molar-refractivity contribution in [3.8, 4) is 16.3 Å². The molecule has 1 aromatic carbocycles. The molecule has 5 nitrogen and oxygen atoms in total. The number of carboxylic acid groups (broad SMARTS) is 1. The molecule has 0 spiro atoms. The van der Waals surface area contributed by atoms with Crippen LogP contribution in [-0.2, 0) is 4.74 Å². The average Bonchev–Trinajstić information content (AvgIpc) is 3.13. The number of carbonyl (C=O) groups is 1. The second-order valence-electron chi connectivity index (χ2n) is 5.75. The molecule has 0 bridgehead atoms. The number of aryl methyl sites for hydroxylation is 1. The van der Waals surface area contributed by atoms with Gasteiger partial charge >= 0.3 is 5.97 Å². The van der Waals surface area contributed by atoms with E-state index in [9.17, 15) is 9.90 Å². The Balaban J connectivity index is 1.92. The summed E-state index contributed by atoms with van der Waals surface area (Å²) in [6.07, 6.45) is 2.82. The molecule has 6 heteroatoms. The summed E-state index contributed by atoms with van der Waals surface area (Å²) in [5, 5.41) is 10.1. The maximum atomic E-state index is 11.6. The van der Waals surface area contributed by atoms with E-state index in [2.05, 4.69) is 11.9 Å². The summed E-state index contributed by atoms with van der Waals surface area (Å²) in [4.78, 5) is 16.9. The molecule has 0 amide bonds. The van der Waals surface area contributed by atoms with Crippen LogP contribution >= 0.6 is 11.3 Å². The van der Waals surface area contributed by atoms with E-state index in [1.165, 1.54) is 11.3 Å². The topological polar surface area (TPSA) is 68.7 Å². The minimum Gasteiger partial charge on any atom is -0.490 e. The SMILES string of the molecule is Cc1cnc(-c2c(OCC3OCCC3C)cccc2C(=O)O)s1. The van der Waals surface area contributed by atoms with Crippen LogP contribution in [-0.4, -0.2) is 35.4 Å². The largest absolute Gasteiger partial charge is 0.490 e. The molecule has 1 N–H and O–H groups in total. The fourth-order valence-corrected chi connectivity index (χ4v) is 3.49. The number of aromatic carboxylic acids is 1. The van der Waals surface area contributed by atoms with Gasteiger partial charge in [0.15, 0.2) is 0 Å². The molecule has 1 saturated heterocycles. The van der Waals surface area contributed by atoms with Crippen molar-refractivity contribution in [1.29, 1.82) is 0 Å². The quantitative estimate of drug-likeness (QED) is 0.905. The molecule has 0 aliphatic carbocycles. The summed E-state index contributed by atoms with van der Waals surface area (Å²) in [6.45, 7) is 5.25. The monoisotopic (exact) mass is 333 g/mol. The predicted molar refractivity (Wildman–Crippen MR) is 88.3 cm³/mol. The molecule has 122 valence electrons. The Hall–Kier alpha value is -1.92. The van der Waals surface area contributed by atoms with E-state index < -0.39 is 5.97 Å². The zero-order valence-corrected chi connectivity index (χ0v) is 13.9. The Kier molecular flexibility index (Phi) is 4.63. The third kappa shape index (κ3) is 3.38. The molecule has 3 rings (SSSR count). The molecule has 23 heavy (non-hydrogen) atoms. The van der Waals surface area contributed by atoms with E-state index in [4.69, 9.17) is 9.47 Å². The average molecular weight is 333 g/mol. The molecule has 1 fully saturated rings. The van der Waals surface area contributed by atoms with E-state index in [1.54, 1.807) is 24.4 Å². The Morgan fingerprint density at radius 3 is 2.96 bits per heavy atom. The van der Waals surface area contributed by atoms with Crippen molar-refractivity contribution in [2.24, 2.45) is 5.92 Å². The molecular weight excluding hydrogens is 314 g/mol. The van der Waals surface area contributed by atoms with Crippen LogP contribution in [0.15, 0.2) is 24.4 Å². The predicted octanol–water partition coefficient (Wildman–Crippen LogP) is 3.62. The van der Waals surface area contributed by atoms with Gasteiger partial charge in [0.05, 0.1) is 17.2 Å². The van der Waals surface area contributed by atoms with Gasteiger partial charge in [0.25, 0.3) is 0 Å². The maximum Gasteiger partial charge on any atom is 0.336 e. The van der Waals surface area contributed by atoms with E-state index in [0.29, 0.717) is 28.8 Å². The van der Waals surface area contributed by atoms with Crippen LogP contribution in [0.4, 0.5) is 0 Å². The number of hydrogen-bond donors (Lipinski definition) is 1. The molecule has 2 aromatic rings. The summed E-state index contributed by atoms with van der Waals surface area (Å²) < 4.78 is 11.6. The van der Waals surface area contributed by atoms with Gasteiger partial charge in [-0.3, -0.25) is 0 Å². The number of benzene rings is 1. The first kappa shape index (κ1) is 16.0. The van der Waals surface area contributed by atoms with Crippen LogP contribution in [0.25, 0.3) is 10.6 Å². The van der Waals surface area contributed by atoms with Crippen LogP contribution in [0, 0.1) is 12.8 Å². The molecule has 2 atom stereocenters. The van der Waals surface area contributed by atoms with Crippen molar-refractivity contribution >= 4 is 17.3 Å². The third-order valence-electron chi connectivity index (χ3n) is 4.03. The first-order valence-electron chi connectivity index (χ1n) is 7.59. The van der Waals surface area contributed by atoms with Gasteiger partial charge in [-0.25, -0.2) is 9.78 Å². The fourth-order valence-electron chi connectivity index (χ4n) is 2.66. The van der Waals surface area contributed by atoms with E-state index in [1.807, 2.05) is 6.92 Å². The summed E-state index contributed by atoms with van der Waals surface area (Å²) in [5.74, 6) is 0.00829. The van der Waals surface area contributed by atoms with Gasteiger partial charge in [0.2, 0.25) is 0 Å². The van der Waals surface area contributed by atoms with Gasteiger partial charge in [0, 0.05) is 17.7 Å². The van der Waals surface area contributed by atoms with Crippen molar-refractivity contribution < 1.29 is 19.4 Å². The summed E-state index contributed by atoms with van der Waals surface area (Å²) in [5.41, 5.74) is 0.751. The fraction of sp³-hybridized carbons (Fsp3) is 0.412. The third-order valence-corrected chi connectivity index (χ3v) is 4.96. The number of rotatable bonds is 5. The Labute approximate surface area is 138 Å². The molecule has 1 aromatic heterocycles. The maximum absolute atomic E-state index is 11.6. The van der Waals surface area contributed by atoms with Gasteiger partial charge < -0.3 is 14.6 Å². The summed E-state index contributed by atoms with van der Waals surface area (Å²) in [6, 6.07) is 5.07. The molecular formula is C17H19NO4S. The molecule has 1 aliphatic heterocycles. The second-order valence-corrected chi connectivity index (χ2v) is 6.98. The normalized spacial score (nSPS) is 20.6. The molecule has 2 heterocycles. The van der Waals surface area contributed by atoms with Crippen LogP contribution in [0.5, 0.6) is 5.75 Å². The van der Waals surface area contributed by atoms with E-state index in [-0.39, 0.29) is 11.7 Å². The molecule has 0 radical (unpaired) electrons. The number of aromatic nitrogens is 1. The zero-order chi connectivity index (χ0) is 16.4. The second kappa shape index (κ2) is 6.68. The summed E-state index contributed by atoms with van der Waals surface area (Å²) >= 11 is 1.46. The lowest BCUT2D eigenvalue weighted by atomic mass is 10.0. The summed E-state index contributed by atoms with van der Waals surface area (Å²) in [7, 11) is 0. The van der Waals surface area contributed by atoms with Crippen LogP contribution < -0.4 is 4.74 Å². The highest BCUT2D eigenvalue weighted by Gasteiger charge is 2.26. The van der Waals surface area contributed by atoms with E-state index >= 15 is 0 Å². The Bertz CT molecular complexity index is 712. The first-order valence-corrected chi connectivity index (χ1v) is 8.41. The number of ether oxygens (including phenoxy) is 2. The van der Waals surface area contributed by atoms with Crippen molar-refractivity contribution in [3.63, 3.8) is 0 Å². The number of carboxylic acids is 1. The minimum absolute atomic E-state index is 0.0503. The highest BCUT2D eigenvalue weighted by Crippen LogP contribution is 2.36. The number of nitrogens with zero attached hydrogens (tertiary/aromatic N) is 1. The van der Waals surface area contributed by atoms with Crippen molar-refractivity contribution in [3.05, 3.63) is 34.8 Å². The van der Waals surface area contributed by atoms with Gasteiger partial charge in [-0.05, 0) is 31.4 Å².